The van der Waals surface area contributed by atoms with Crippen molar-refractivity contribution in [3.8, 4) is 0 Å². The Labute approximate surface area is 165 Å². The molecule has 2 fully saturated rings. The summed E-state index contributed by atoms with van der Waals surface area (Å²) in [6.07, 6.45) is 5.23. The number of aromatic amines is 1. The van der Waals surface area contributed by atoms with E-state index in [-0.39, 0.29) is 29.7 Å². The molecule has 1 aromatic carbocycles. The Morgan fingerprint density at radius 2 is 2.18 bits per heavy atom. The molecule has 1 amide bonds. The number of carbonyl (C=O) groups excluding carboxylic acids is 1. The molecule has 0 aliphatic carbocycles. The third-order valence-electron chi connectivity index (χ3n) is 6.40. The molecule has 0 bridgehead atoms. The van der Waals surface area contributed by atoms with Crippen molar-refractivity contribution in [2.24, 2.45) is 0 Å². The normalized spacial score (nSPS) is 25.2. The van der Waals surface area contributed by atoms with Gasteiger partial charge in [-0.1, -0.05) is 31.9 Å². The minimum Gasteiger partial charge on any atom is -0.332 e. The summed E-state index contributed by atoms with van der Waals surface area (Å²) in [5, 5.41) is 11.0. The van der Waals surface area contributed by atoms with Crippen molar-refractivity contribution in [2.75, 3.05) is 13.1 Å². The third kappa shape index (κ3) is 3.46. The number of rotatable bonds is 3. The van der Waals surface area contributed by atoms with Gasteiger partial charge in [0, 0.05) is 35.8 Å². The van der Waals surface area contributed by atoms with Crippen molar-refractivity contribution in [2.45, 2.75) is 64.0 Å². The average molecular weight is 384 g/mol. The number of H-pyrrole nitrogens is 1. The molecule has 2 aliphatic rings. The zero-order valence-electron chi connectivity index (χ0n) is 16.7. The van der Waals surface area contributed by atoms with E-state index in [4.69, 9.17) is 0 Å². The van der Waals surface area contributed by atoms with Gasteiger partial charge >= 0.3 is 0 Å². The molecule has 28 heavy (non-hydrogen) atoms. The van der Waals surface area contributed by atoms with Crippen LogP contribution in [0.15, 0.2) is 24.3 Å². The first-order chi connectivity index (χ1) is 13.6. The third-order valence-corrected chi connectivity index (χ3v) is 6.40. The number of hydrogen-bond acceptors (Lipinski definition) is 3. The number of hydrogen-bond donors (Lipinski definition) is 2. The number of carbonyl (C=O) groups is 1. The number of aryl methyl sites for hydroxylation is 1. The maximum absolute atomic E-state index is 13.9. The van der Waals surface area contributed by atoms with E-state index in [9.17, 15) is 9.18 Å². The van der Waals surface area contributed by atoms with Crippen LogP contribution < -0.4 is 5.32 Å². The quantitative estimate of drug-likeness (QED) is 0.851. The lowest BCUT2D eigenvalue weighted by molar-refractivity contribution is 0.0706. The smallest absolute Gasteiger partial charge is 0.274 e. The van der Waals surface area contributed by atoms with Crippen molar-refractivity contribution >= 4 is 5.91 Å². The second-order valence-electron chi connectivity index (χ2n) is 8.04. The van der Waals surface area contributed by atoms with Crippen LogP contribution in [0.3, 0.4) is 0 Å². The molecule has 4 rings (SSSR count). The number of aromatic nitrogens is 2. The van der Waals surface area contributed by atoms with Gasteiger partial charge < -0.3 is 10.2 Å². The van der Waals surface area contributed by atoms with E-state index in [1.54, 1.807) is 12.1 Å². The second-order valence-corrected chi connectivity index (χ2v) is 8.04. The molecule has 6 heteroatoms. The van der Waals surface area contributed by atoms with Gasteiger partial charge in [0.2, 0.25) is 0 Å². The van der Waals surface area contributed by atoms with Crippen molar-refractivity contribution in [1.29, 1.82) is 0 Å². The fourth-order valence-electron chi connectivity index (χ4n) is 4.87. The topological polar surface area (TPSA) is 61.0 Å². The molecule has 2 N–H and O–H groups in total. The Balaban J connectivity index is 1.67. The Kier molecular flexibility index (Phi) is 5.49. The van der Waals surface area contributed by atoms with Crippen LogP contribution in [0.1, 0.15) is 65.8 Å². The number of fused-ring (bicyclic) bond motifs is 1. The molecule has 5 nitrogen and oxygen atoms in total. The number of amides is 1. The van der Waals surface area contributed by atoms with Crippen molar-refractivity contribution < 1.29 is 9.18 Å². The molecule has 3 atom stereocenters. The van der Waals surface area contributed by atoms with Crippen LogP contribution in [0, 0.1) is 12.7 Å². The first-order valence-corrected chi connectivity index (χ1v) is 10.4. The van der Waals surface area contributed by atoms with E-state index < -0.39 is 0 Å². The van der Waals surface area contributed by atoms with Gasteiger partial charge in [0.25, 0.3) is 5.91 Å². The first-order valence-electron chi connectivity index (χ1n) is 10.4. The largest absolute Gasteiger partial charge is 0.332 e. The highest BCUT2D eigenvalue weighted by Gasteiger charge is 2.45. The predicted molar refractivity (Wildman–Crippen MR) is 107 cm³/mol. The predicted octanol–water partition coefficient (Wildman–Crippen LogP) is 3.56. The summed E-state index contributed by atoms with van der Waals surface area (Å²) >= 11 is 0. The van der Waals surface area contributed by atoms with Crippen molar-refractivity contribution in [1.82, 2.24) is 20.4 Å². The van der Waals surface area contributed by atoms with Gasteiger partial charge in [0.05, 0.1) is 0 Å². The van der Waals surface area contributed by atoms with Crippen LogP contribution in [0.5, 0.6) is 0 Å². The van der Waals surface area contributed by atoms with Crippen LogP contribution in [0.4, 0.5) is 4.39 Å². The SMILES string of the molecule is CCc1[nH]nc(C(=O)N2C[C@@H](c3cccc(F)c3)[C@@H]3NCCCCC[C@H]32)c1C. The molecule has 0 spiro atoms. The molecule has 150 valence electrons. The maximum atomic E-state index is 13.9. The molecular weight excluding hydrogens is 355 g/mol. The molecule has 0 radical (unpaired) electrons. The molecule has 3 heterocycles. The molecule has 2 saturated heterocycles. The number of nitrogens with one attached hydrogen (secondary N) is 2. The Morgan fingerprint density at radius 3 is 2.93 bits per heavy atom. The number of likely N-dealkylation sites (tertiary alicyclic amines) is 1. The fraction of sp³-hybridized carbons (Fsp3) is 0.545. The highest BCUT2D eigenvalue weighted by atomic mass is 19.1. The lowest BCUT2D eigenvalue weighted by Gasteiger charge is -2.31. The van der Waals surface area contributed by atoms with E-state index in [0.29, 0.717) is 12.2 Å². The number of nitrogens with zero attached hydrogens (tertiary/aromatic N) is 2. The Morgan fingerprint density at radius 1 is 1.32 bits per heavy atom. The van der Waals surface area contributed by atoms with E-state index in [1.807, 2.05) is 17.9 Å². The molecule has 0 unspecified atom stereocenters. The number of benzene rings is 1. The van der Waals surface area contributed by atoms with Gasteiger partial charge in [0.15, 0.2) is 5.69 Å². The van der Waals surface area contributed by atoms with E-state index in [1.165, 1.54) is 12.5 Å². The Bertz CT molecular complexity index is 849. The van der Waals surface area contributed by atoms with Crippen molar-refractivity contribution in [3.05, 3.63) is 52.6 Å². The summed E-state index contributed by atoms with van der Waals surface area (Å²) in [6.45, 7) is 5.55. The van der Waals surface area contributed by atoms with Crippen LogP contribution in [0.25, 0.3) is 0 Å². The summed E-state index contributed by atoms with van der Waals surface area (Å²) in [4.78, 5) is 15.4. The van der Waals surface area contributed by atoms with Gasteiger partial charge in [-0.25, -0.2) is 4.39 Å². The van der Waals surface area contributed by atoms with Gasteiger partial charge in [-0.2, -0.15) is 5.10 Å². The fourth-order valence-corrected chi connectivity index (χ4v) is 4.87. The summed E-state index contributed by atoms with van der Waals surface area (Å²) in [5.74, 6) is -0.141. The lowest BCUT2D eigenvalue weighted by Crippen LogP contribution is -2.47. The lowest BCUT2D eigenvalue weighted by atomic mass is 9.88. The molecule has 1 aromatic heterocycles. The zero-order valence-corrected chi connectivity index (χ0v) is 16.7. The first kappa shape index (κ1) is 19.1. The molecule has 2 aromatic rings. The van der Waals surface area contributed by atoms with Crippen LogP contribution in [-0.2, 0) is 6.42 Å². The summed E-state index contributed by atoms with van der Waals surface area (Å²) in [6, 6.07) is 7.10. The highest BCUT2D eigenvalue weighted by Crippen LogP contribution is 2.36. The maximum Gasteiger partial charge on any atom is 0.274 e. The molecular formula is C22H29FN4O. The van der Waals surface area contributed by atoms with Gasteiger partial charge in [-0.15, -0.1) is 0 Å². The van der Waals surface area contributed by atoms with E-state index in [0.717, 1.165) is 49.0 Å². The van der Waals surface area contributed by atoms with Crippen LogP contribution >= 0.6 is 0 Å². The Hall–Kier alpha value is -2.21. The monoisotopic (exact) mass is 384 g/mol. The molecule has 0 saturated carbocycles. The van der Waals surface area contributed by atoms with Gasteiger partial charge in [-0.3, -0.25) is 9.89 Å². The van der Waals surface area contributed by atoms with Crippen LogP contribution in [0.2, 0.25) is 0 Å². The standard InChI is InChI=1S/C22H29FN4O/c1-3-18-14(2)20(26-25-18)22(28)27-13-17(15-8-7-9-16(23)12-15)21-19(27)10-5-4-6-11-24-21/h7-9,12,17,19,21,24H,3-6,10-11,13H2,1-2H3,(H,25,26)/t17-,19+,21-/m0/s1. The second kappa shape index (κ2) is 8.03. The number of halogens is 1. The van der Waals surface area contributed by atoms with Crippen LogP contribution in [-0.4, -0.2) is 46.2 Å². The summed E-state index contributed by atoms with van der Waals surface area (Å²) in [5.41, 5.74) is 3.44. The highest BCUT2D eigenvalue weighted by molar-refractivity contribution is 5.94. The summed E-state index contributed by atoms with van der Waals surface area (Å²) < 4.78 is 13.9. The minimum atomic E-state index is -0.222. The van der Waals surface area contributed by atoms with E-state index >= 15 is 0 Å². The summed E-state index contributed by atoms with van der Waals surface area (Å²) in [7, 11) is 0. The molecule has 2 aliphatic heterocycles. The van der Waals surface area contributed by atoms with Gasteiger partial charge in [0.1, 0.15) is 5.82 Å². The van der Waals surface area contributed by atoms with Crippen molar-refractivity contribution in [3.63, 3.8) is 0 Å². The average Bonchev–Trinajstić information content (AvgIpc) is 3.21. The van der Waals surface area contributed by atoms with Gasteiger partial charge in [-0.05, 0) is 50.4 Å². The zero-order chi connectivity index (χ0) is 19.7. The minimum absolute atomic E-state index is 0.00951. The van der Waals surface area contributed by atoms with E-state index in [2.05, 4.69) is 22.4 Å².